The highest BCUT2D eigenvalue weighted by Gasteiger charge is 2.03. The Morgan fingerprint density at radius 2 is 1.63 bits per heavy atom. The minimum absolute atomic E-state index is 0.778. The maximum atomic E-state index is 6.13. The van der Waals surface area contributed by atoms with Gasteiger partial charge in [0.1, 0.15) is 0 Å². The van der Waals surface area contributed by atoms with Crippen molar-refractivity contribution in [1.29, 1.82) is 0 Å². The minimum atomic E-state index is 0.778. The molecule has 0 aromatic heterocycles. The summed E-state index contributed by atoms with van der Waals surface area (Å²) in [5.41, 5.74) is 5.92. The fourth-order valence-corrected chi connectivity index (χ4v) is 2.43. The Balaban J connectivity index is 2.12. The third kappa shape index (κ3) is 3.52. The molecule has 0 saturated carbocycles. The van der Waals surface area contributed by atoms with E-state index in [1.54, 1.807) is 0 Å². The molecule has 1 N–H and O–H groups in total. The van der Waals surface area contributed by atoms with Gasteiger partial charge >= 0.3 is 0 Å². The summed E-state index contributed by atoms with van der Waals surface area (Å²) < 4.78 is 1.18. The molecular formula is C16H17BrClN. The summed E-state index contributed by atoms with van der Waals surface area (Å²) in [4.78, 5) is 0. The third-order valence-electron chi connectivity index (χ3n) is 3.17. The van der Waals surface area contributed by atoms with Crippen molar-refractivity contribution in [3.05, 3.63) is 62.1 Å². The predicted molar refractivity (Wildman–Crippen MR) is 87.1 cm³/mol. The first-order valence-electron chi connectivity index (χ1n) is 6.23. The molecule has 0 radical (unpaired) electrons. The molecule has 100 valence electrons. The maximum Gasteiger partial charge on any atom is 0.0438 e. The Hall–Kier alpha value is -0.990. The van der Waals surface area contributed by atoms with Crippen LogP contribution in [0.2, 0.25) is 5.02 Å². The van der Waals surface area contributed by atoms with Crippen LogP contribution in [0.15, 0.2) is 34.8 Å². The van der Waals surface area contributed by atoms with E-state index in [4.69, 9.17) is 11.6 Å². The zero-order valence-corrected chi connectivity index (χ0v) is 13.7. The lowest BCUT2D eigenvalue weighted by atomic mass is 10.1. The van der Waals surface area contributed by atoms with E-state index in [1.807, 2.05) is 13.0 Å². The summed E-state index contributed by atoms with van der Waals surface area (Å²) in [7, 11) is 0. The van der Waals surface area contributed by atoms with Crippen molar-refractivity contribution in [3.63, 3.8) is 0 Å². The van der Waals surface area contributed by atoms with Crippen molar-refractivity contribution < 1.29 is 0 Å². The van der Waals surface area contributed by atoms with Crippen LogP contribution in [-0.2, 0) is 6.54 Å². The Morgan fingerprint density at radius 1 is 1.00 bits per heavy atom. The van der Waals surface area contributed by atoms with Gasteiger partial charge in [0.2, 0.25) is 0 Å². The lowest BCUT2D eigenvalue weighted by Gasteiger charge is -2.11. The number of benzene rings is 2. The van der Waals surface area contributed by atoms with Crippen LogP contribution in [0.25, 0.3) is 0 Å². The molecular weight excluding hydrogens is 322 g/mol. The second-order valence-corrected chi connectivity index (χ2v) is 6.06. The van der Waals surface area contributed by atoms with Crippen molar-refractivity contribution >= 4 is 33.2 Å². The number of halogens is 2. The summed E-state index contributed by atoms with van der Waals surface area (Å²) >= 11 is 9.71. The van der Waals surface area contributed by atoms with Gasteiger partial charge in [-0.05, 0) is 61.2 Å². The van der Waals surface area contributed by atoms with Crippen molar-refractivity contribution in [2.75, 3.05) is 5.32 Å². The first-order valence-corrected chi connectivity index (χ1v) is 7.40. The molecule has 19 heavy (non-hydrogen) atoms. The third-order valence-corrected chi connectivity index (χ3v) is 4.83. The maximum absolute atomic E-state index is 6.13. The van der Waals surface area contributed by atoms with Gasteiger partial charge in [-0.25, -0.2) is 0 Å². The second-order valence-electron chi connectivity index (χ2n) is 4.86. The molecule has 3 heteroatoms. The van der Waals surface area contributed by atoms with Gasteiger partial charge in [-0.15, -0.1) is 0 Å². The van der Waals surface area contributed by atoms with Crippen LogP contribution in [-0.4, -0.2) is 0 Å². The molecule has 2 aromatic rings. The Bertz CT molecular complexity index is 585. The minimum Gasteiger partial charge on any atom is -0.381 e. The van der Waals surface area contributed by atoms with Crippen LogP contribution in [0.4, 0.5) is 5.69 Å². The number of hydrogen-bond acceptors (Lipinski definition) is 1. The highest BCUT2D eigenvalue weighted by atomic mass is 79.9. The van der Waals surface area contributed by atoms with Gasteiger partial charge in [0.25, 0.3) is 0 Å². The summed E-state index contributed by atoms with van der Waals surface area (Å²) in [6.45, 7) is 7.00. The van der Waals surface area contributed by atoms with Gasteiger partial charge in [0, 0.05) is 21.7 Å². The van der Waals surface area contributed by atoms with Crippen molar-refractivity contribution in [3.8, 4) is 0 Å². The number of nitrogens with one attached hydrogen (secondary N) is 1. The second kappa shape index (κ2) is 5.98. The van der Waals surface area contributed by atoms with Crippen LogP contribution in [0.5, 0.6) is 0 Å². The average molecular weight is 339 g/mol. The quantitative estimate of drug-likeness (QED) is 0.763. The van der Waals surface area contributed by atoms with Crippen molar-refractivity contribution in [2.45, 2.75) is 27.3 Å². The molecule has 0 aliphatic heterocycles. The summed E-state index contributed by atoms with van der Waals surface area (Å²) in [6, 6.07) is 10.5. The van der Waals surface area contributed by atoms with Crippen LogP contribution in [0.3, 0.4) is 0 Å². The fourth-order valence-electron chi connectivity index (χ4n) is 2.00. The smallest absolute Gasteiger partial charge is 0.0438 e. The van der Waals surface area contributed by atoms with Gasteiger partial charge in [-0.2, -0.15) is 0 Å². The molecule has 0 spiro atoms. The number of anilines is 1. The van der Waals surface area contributed by atoms with E-state index in [9.17, 15) is 0 Å². The standard InChI is InChI=1S/C16H17BrClN/c1-10-4-5-13(8-15(10)18)9-19-14-6-11(2)16(17)12(3)7-14/h4-8,19H,9H2,1-3H3. The first kappa shape index (κ1) is 14.4. The molecule has 0 aliphatic rings. The molecule has 0 saturated heterocycles. The lowest BCUT2D eigenvalue weighted by Crippen LogP contribution is -2.00. The first-order chi connectivity index (χ1) is 8.97. The molecule has 0 bridgehead atoms. The van der Waals surface area contributed by atoms with E-state index < -0.39 is 0 Å². The van der Waals surface area contributed by atoms with Crippen molar-refractivity contribution in [1.82, 2.24) is 0 Å². The van der Waals surface area contributed by atoms with E-state index in [0.717, 1.165) is 22.8 Å². The van der Waals surface area contributed by atoms with Crippen LogP contribution >= 0.6 is 27.5 Å². The van der Waals surface area contributed by atoms with E-state index in [1.165, 1.54) is 21.2 Å². The summed E-state index contributed by atoms with van der Waals surface area (Å²) in [5.74, 6) is 0. The Kier molecular flexibility index (Phi) is 4.54. The highest BCUT2D eigenvalue weighted by molar-refractivity contribution is 9.10. The largest absolute Gasteiger partial charge is 0.381 e. The van der Waals surface area contributed by atoms with E-state index >= 15 is 0 Å². The number of aryl methyl sites for hydroxylation is 3. The van der Waals surface area contributed by atoms with Gasteiger partial charge < -0.3 is 5.32 Å². The van der Waals surface area contributed by atoms with Crippen LogP contribution in [0.1, 0.15) is 22.3 Å². The lowest BCUT2D eigenvalue weighted by molar-refractivity contribution is 1.14. The van der Waals surface area contributed by atoms with E-state index in [0.29, 0.717) is 0 Å². The molecule has 2 aromatic carbocycles. The highest BCUT2D eigenvalue weighted by Crippen LogP contribution is 2.25. The summed E-state index contributed by atoms with van der Waals surface area (Å²) in [6.07, 6.45) is 0. The normalized spacial score (nSPS) is 10.6. The Labute approximate surface area is 128 Å². The van der Waals surface area contributed by atoms with E-state index in [-0.39, 0.29) is 0 Å². The van der Waals surface area contributed by atoms with Gasteiger partial charge in [0.15, 0.2) is 0 Å². The fraction of sp³-hybridized carbons (Fsp3) is 0.250. The van der Waals surface area contributed by atoms with Crippen LogP contribution in [0, 0.1) is 20.8 Å². The summed E-state index contributed by atoms with van der Waals surface area (Å²) in [5, 5.41) is 4.26. The van der Waals surface area contributed by atoms with Crippen molar-refractivity contribution in [2.24, 2.45) is 0 Å². The van der Waals surface area contributed by atoms with Gasteiger partial charge in [-0.3, -0.25) is 0 Å². The number of rotatable bonds is 3. The molecule has 0 unspecified atom stereocenters. The number of hydrogen-bond donors (Lipinski definition) is 1. The Morgan fingerprint density at radius 3 is 2.21 bits per heavy atom. The molecule has 1 nitrogen and oxygen atoms in total. The topological polar surface area (TPSA) is 12.0 Å². The predicted octanol–water partition coefficient (Wildman–Crippen LogP) is 5.64. The molecule has 0 heterocycles. The zero-order valence-electron chi connectivity index (χ0n) is 11.3. The average Bonchev–Trinajstić information content (AvgIpc) is 2.37. The molecule has 2 rings (SSSR count). The monoisotopic (exact) mass is 337 g/mol. The van der Waals surface area contributed by atoms with E-state index in [2.05, 4.69) is 59.4 Å². The molecule has 0 atom stereocenters. The van der Waals surface area contributed by atoms with Crippen LogP contribution < -0.4 is 5.32 Å². The van der Waals surface area contributed by atoms with Gasteiger partial charge in [0.05, 0.1) is 0 Å². The molecule has 0 aliphatic carbocycles. The molecule has 0 amide bonds. The molecule has 0 fully saturated rings. The van der Waals surface area contributed by atoms with Gasteiger partial charge in [-0.1, -0.05) is 39.7 Å². The SMILES string of the molecule is Cc1ccc(CNc2cc(C)c(Br)c(C)c2)cc1Cl. The zero-order chi connectivity index (χ0) is 14.0.